The smallest absolute Gasteiger partial charge is 0.322 e. The van der Waals surface area contributed by atoms with Crippen LogP contribution in [0.5, 0.6) is 17.5 Å². The van der Waals surface area contributed by atoms with Gasteiger partial charge in [-0.05, 0) is 66.9 Å². The molecule has 7 heteroatoms. The van der Waals surface area contributed by atoms with Crippen LogP contribution in [0.3, 0.4) is 0 Å². The van der Waals surface area contributed by atoms with Gasteiger partial charge >= 0.3 is 12.0 Å². The molecular weight excluding hydrogens is 368 g/mol. The van der Waals surface area contributed by atoms with Gasteiger partial charge in [0, 0.05) is 30.7 Å². The Morgan fingerprint density at radius 1 is 1.07 bits per heavy atom. The molecule has 0 radical (unpaired) electrons. The monoisotopic (exact) mass is 390 g/mol. The van der Waals surface area contributed by atoms with Crippen LogP contribution < -0.4 is 14.8 Å². The Kier molecular flexibility index (Phi) is 5.29. The molecule has 148 valence electrons. The quantitative estimate of drug-likeness (QED) is 0.723. The van der Waals surface area contributed by atoms with Crippen molar-refractivity contribution in [2.45, 2.75) is 19.9 Å². The first-order valence-corrected chi connectivity index (χ1v) is 9.40. The van der Waals surface area contributed by atoms with Gasteiger partial charge in [0.25, 0.3) is 0 Å². The normalized spacial score (nSPS) is 12.8. The number of carbonyl (C=O) groups excluding carboxylic acids is 1. The molecule has 0 unspecified atom stereocenters. The molecular formula is C22H22N4O3. The van der Waals surface area contributed by atoms with Gasteiger partial charge in [-0.1, -0.05) is 6.07 Å². The number of methoxy groups -OCH3 is 1. The predicted octanol–water partition coefficient (Wildman–Crippen LogP) is 4.18. The summed E-state index contributed by atoms with van der Waals surface area (Å²) in [5.74, 6) is 1.41. The highest BCUT2D eigenvalue weighted by Crippen LogP contribution is 2.25. The second kappa shape index (κ2) is 8.18. The Balaban J connectivity index is 1.38. The average molecular weight is 390 g/mol. The van der Waals surface area contributed by atoms with Crippen molar-refractivity contribution in [1.82, 2.24) is 14.9 Å². The fraction of sp³-hybridized carbons (Fsp3) is 0.227. The van der Waals surface area contributed by atoms with E-state index in [1.165, 1.54) is 5.56 Å². The molecule has 1 N–H and O–H groups in total. The third-order valence-corrected chi connectivity index (χ3v) is 4.80. The molecule has 0 bridgehead atoms. The van der Waals surface area contributed by atoms with Crippen LogP contribution in [-0.2, 0) is 13.0 Å². The van der Waals surface area contributed by atoms with Crippen molar-refractivity contribution in [2.75, 3.05) is 19.0 Å². The van der Waals surface area contributed by atoms with Crippen LogP contribution in [0.25, 0.3) is 0 Å². The van der Waals surface area contributed by atoms with Gasteiger partial charge in [-0.15, -0.1) is 0 Å². The van der Waals surface area contributed by atoms with Gasteiger partial charge in [0.2, 0.25) is 0 Å². The Bertz CT molecular complexity index is 1020. The summed E-state index contributed by atoms with van der Waals surface area (Å²) in [4.78, 5) is 22.8. The SMILES string of the molecule is COc1ccc2c(c1)CN(C(=O)Nc1ccc(Oc3nccc(C)n3)cc1)CC2. The molecule has 2 amide bonds. The molecule has 1 aliphatic heterocycles. The van der Waals surface area contributed by atoms with Crippen LogP contribution in [-0.4, -0.2) is 34.6 Å². The molecule has 2 heterocycles. The standard InChI is InChI=1S/C22H22N4O3/c1-15-9-11-23-21(24-15)29-19-7-4-18(5-8-19)25-22(27)26-12-10-16-3-6-20(28-2)13-17(16)14-26/h3-9,11,13H,10,12,14H2,1-2H3,(H,25,27). The van der Waals surface area contributed by atoms with Crippen molar-refractivity contribution >= 4 is 11.7 Å². The van der Waals surface area contributed by atoms with Gasteiger partial charge in [0.15, 0.2) is 0 Å². The fourth-order valence-corrected chi connectivity index (χ4v) is 3.22. The lowest BCUT2D eigenvalue weighted by Gasteiger charge is -2.29. The first-order valence-electron chi connectivity index (χ1n) is 9.40. The van der Waals surface area contributed by atoms with E-state index >= 15 is 0 Å². The Morgan fingerprint density at radius 3 is 2.62 bits per heavy atom. The van der Waals surface area contributed by atoms with E-state index in [4.69, 9.17) is 9.47 Å². The van der Waals surface area contributed by atoms with Crippen molar-refractivity contribution in [3.63, 3.8) is 0 Å². The van der Waals surface area contributed by atoms with E-state index in [1.54, 1.807) is 48.5 Å². The maximum absolute atomic E-state index is 12.7. The maximum atomic E-state index is 12.7. The molecule has 3 aromatic rings. The molecule has 29 heavy (non-hydrogen) atoms. The highest BCUT2D eigenvalue weighted by molar-refractivity contribution is 5.89. The number of hydrogen-bond donors (Lipinski definition) is 1. The van der Waals surface area contributed by atoms with E-state index in [0.717, 1.165) is 23.4 Å². The summed E-state index contributed by atoms with van der Waals surface area (Å²) in [6.45, 7) is 3.11. The summed E-state index contributed by atoms with van der Waals surface area (Å²) in [7, 11) is 1.65. The van der Waals surface area contributed by atoms with E-state index in [0.29, 0.717) is 30.5 Å². The molecule has 1 aliphatic rings. The molecule has 1 aromatic heterocycles. The number of nitrogens with zero attached hydrogens (tertiary/aromatic N) is 3. The average Bonchev–Trinajstić information content (AvgIpc) is 2.74. The summed E-state index contributed by atoms with van der Waals surface area (Å²) in [6.07, 6.45) is 2.48. The molecule has 0 fully saturated rings. The van der Waals surface area contributed by atoms with Gasteiger partial charge < -0.3 is 19.7 Å². The van der Waals surface area contributed by atoms with Crippen LogP contribution >= 0.6 is 0 Å². The van der Waals surface area contributed by atoms with Crippen LogP contribution in [0, 0.1) is 6.92 Å². The summed E-state index contributed by atoms with van der Waals surface area (Å²) >= 11 is 0. The van der Waals surface area contributed by atoms with Gasteiger partial charge in [-0.3, -0.25) is 0 Å². The molecule has 0 atom stereocenters. The first kappa shape index (κ1) is 18.7. The number of nitrogens with one attached hydrogen (secondary N) is 1. The number of hydrogen-bond acceptors (Lipinski definition) is 5. The minimum atomic E-state index is -0.130. The number of fused-ring (bicyclic) bond motifs is 1. The topological polar surface area (TPSA) is 76.6 Å². The van der Waals surface area contributed by atoms with Crippen molar-refractivity contribution in [3.8, 4) is 17.5 Å². The van der Waals surface area contributed by atoms with Crippen molar-refractivity contribution < 1.29 is 14.3 Å². The van der Waals surface area contributed by atoms with Crippen LogP contribution in [0.2, 0.25) is 0 Å². The molecule has 0 saturated carbocycles. The van der Waals surface area contributed by atoms with Gasteiger partial charge in [-0.2, -0.15) is 0 Å². The van der Waals surface area contributed by atoms with E-state index in [9.17, 15) is 4.79 Å². The highest BCUT2D eigenvalue weighted by atomic mass is 16.5. The van der Waals surface area contributed by atoms with Gasteiger partial charge in [0.1, 0.15) is 11.5 Å². The van der Waals surface area contributed by atoms with Crippen molar-refractivity contribution in [1.29, 1.82) is 0 Å². The number of ether oxygens (including phenoxy) is 2. The largest absolute Gasteiger partial charge is 0.497 e. The third kappa shape index (κ3) is 4.45. The fourth-order valence-electron chi connectivity index (χ4n) is 3.22. The van der Waals surface area contributed by atoms with E-state index in [1.807, 2.05) is 19.1 Å². The summed E-state index contributed by atoms with van der Waals surface area (Å²) in [5, 5.41) is 2.94. The molecule has 0 aliphatic carbocycles. The van der Waals surface area contributed by atoms with Gasteiger partial charge in [0.05, 0.1) is 7.11 Å². The van der Waals surface area contributed by atoms with E-state index in [2.05, 4.69) is 21.4 Å². The molecule has 0 saturated heterocycles. The Labute approximate surface area is 169 Å². The number of urea groups is 1. The number of anilines is 1. The molecule has 2 aromatic carbocycles. The third-order valence-electron chi connectivity index (χ3n) is 4.80. The minimum Gasteiger partial charge on any atom is -0.497 e. The maximum Gasteiger partial charge on any atom is 0.322 e. The lowest BCUT2D eigenvalue weighted by Crippen LogP contribution is -2.38. The number of aryl methyl sites for hydroxylation is 1. The summed E-state index contributed by atoms with van der Waals surface area (Å²) in [6, 6.07) is 15.1. The minimum absolute atomic E-state index is 0.130. The summed E-state index contributed by atoms with van der Waals surface area (Å²) in [5.41, 5.74) is 3.91. The lowest BCUT2D eigenvalue weighted by atomic mass is 10.00. The Hall–Kier alpha value is -3.61. The summed E-state index contributed by atoms with van der Waals surface area (Å²) < 4.78 is 10.9. The highest BCUT2D eigenvalue weighted by Gasteiger charge is 2.21. The van der Waals surface area contributed by atoms with E-state index in [-0.39, 0.29) is 6.03 Å². The first-order chi connectivity index (χ1) is 14.1. The Morgan fingerprint density at radius 2 is 1.86 bits per heavy atom. The number of amides is 2. The number of rotatable bonds is 4. The van der Waals surface area contributed by atoms with E-state index < -0.39 is 0 Å². The molecule has 7 nitrogen and oxygen atoms in total. The molecule has 4 rings (SSSR count). The van der Waals surface area contributed by atoms with Crippen LogP contribution in [0.15, 0.2) is 54.7 Å². The zero-order chi connectivity index (χ0) is 20.2. The number of carbonyl (C=O) groups is 1. The predicted molar refractivity (Wildman–Crippen MR) is 109 cm³/mol. The number of aromatic nitrogens is 2. The van der Waals surface area contributed by atoms with Gasteiger partial charge in [-0.25, -0.2) is 14.8 Å². The lowest BCUT2D eigenvalue weighted by molar-refractivity contribution is 0.206. The number of benzene rings is 2. The second-order valence-corrected chi connectivity index (χ2v) is 6.84. The zero-order valence-electron chi connectivity index (χ0n) is 16.4. The zero-order valence-corrected chi connectivity index (χ0v) is 16.4. The van der Waals surface area contributed by atoms with Crippen LogP contribution in [0.4, 0.5) is 10.5 Å². The van der Waals surface area contributed by atoms with Crippen molar-refractivity contribution in [3.05, 3.63) is 71.5 Å². The van der Waals surface area contributed by atoms with Crippen molar-refractivity contribution in [2.24, 2.45) is 0 Å². The van der Waals surface area contributed by atoms with Crippen LogP contribution in [0.1, 0.15) is 16.8 Å². The molecule has 0 spiro atoms. The second-order valence-electron chi connectivity index (χ2n) is 6.84.